The van der Waals surface area contributed by atoms with E-state index in [2.05, 4.69) is 12.1 Å². The van der Waals surface area contributed by atoms with Gasteiger partial charge in [-0.15, -0.1) is 35.7 Å². The Morgan fingerprint density at radius 1 is 0.600 bits per heavy atom. The van der Waals surface area contributed by atoms with Gasteiger partial charge in [0.25, 0.3) is 0 Å². The van der Waals surface area contributed by atoms with Crippen molar-refractivity contribution in [1.29, 1.82) is 0 Å². The normalized spacial score (nSPS) is 12.4. The van der Waals surface area contributed by atoms with Gasteiger partial charge in [-0.1, -0.05) is 41.3 Å². The Bertz CT molecular complexity index is 2280. The first-order valence-electron chi connectivity index (χ1n) is 12.0. The molecule has 0 saturated heterocycles. The molecular weight excluding hydrogens is 510 g/mol. The van der Waals surface area contributed by atoms with Crippen LogP contribution in [0.4, 0.5) is 0 Å². The molecule has 5 aromatic carbocycles. The topological polar surface area (TPSA) is 109 Å². The van der Waals surface area contributed by atoms with Crippen LogP contribution in [0.3, 0.4) is 0 Å². The van der Waals surface area contributed by atoms with E-state index < -0.39 is 10.1 Å². The summed E-state index contributed by atoms with van der Waals surface area (Å²) >= 11 is 0. The Hall–Kier alpha value is -3.60. The van der Waals surface area contributed by atoms with E-state index in [0.717, 1.165) is 44.4 Å². The van der Waals surface area contributed by atoms with Gasteiger partial charge in [0.05, 0.1) is 49.7 Å². The van der Waals surface area contributed by atoms with Crippen LogP contribution in [0, 0.1) is 6.07 Å². The molecule has 2 aromatic heterocycles. The summed E-state index contributed by atoms with van der Waals surface area (Å²) in [6.07, 6.45) is 0. The van der Waals surface area contributed by atoms with E-state index in [9.17, 15) is 13.0 Å². The van der Waals surface area contributed by atoms with Crippen LogP contribution in [-0.2, 0) is 10.1 Å². The molecule has 0 spiro atoms. The van der Waals surface area contributed by atoms with Crippen LogP contribution in [0.1, 0.15) is 0 Å². The largest absolute Gasteiger partial charge is 1.00 e. The van der Waals surface area contributed by atoms with Crippen molar-refractivity contribution in [3.05, 3.63) is 78.9 Å². The molecular formula is C30H12Li2N4O3S. The summed E-state index contributed by atoms with van der Waals surface area (Å²) in [5.41, 5.74) is 9.35. The van der Waals surface area contributed by atoms with Gasteiger partial charge in [0, 0.05) is 21.9 Å². The van der Waals surface area contributed by atoms with Gasteiger partial charge in [0.1, 0.15) is 10.1 Å². The third kappa shape index (κ3) is 3.21. The van der Waals surface area contributed by atoms with Gasteiger partial charge < -0.3 is 4.55 Å². The van der Waals surface area contributed by atoms with Crippen molar-refractivity contribution in [2.45, 2.75) is 4.90 Å². The summed E-state index contributed by atoms with van der Waals surface area (Å²) in [5.74, 6) is 0. The molecule has 0 N–H and O–H groups in total. The minimum absolute atomic E-state index is 0. The molecule has 10 heteroatoms. The average molecular weight is 522 g/mol. The predicted molar refractivity (Wildman–Crippen MR) is 143 cm³/mol. The number of nitrogens with zero attached hydrogens (tertiary/aromatic N) is 4. The zero-order valence-electron chi connectivity index (χ0n) is 21.4. The Labute approximate surface area is 251 Å². The van der Waals surface area contributed by atoms with Gasteiger partial charge in [0.2, 0.25) is 0 Å². The van der Waals surface area contributed by atoms with Crippen LogP contribution in [0.5, 0.6) is 0 Å². The van der Waals surface area contributed by atoms with Gasteiger partial charge in [0.15, 0.2) is 0 Å². The molecule has 2 aliphatic rings. The van der Waals surface area contributed by atoms with Crippen molar-refractivity contribution in [3.8, 4) is 45.0 Å². The Kier molecular flexibility index (Phi) is 5.36. The smallest absolute Gasteiger partial charge is 0.744 e. The van der Waals surface area contributed by atoms with E-state index in [-0.39, 0.29) is 42.6 Å². The van der Waals surface area contributed by atoms with Crippen LogP contribution in [0.15, 0.2) is 77.7 Å². The number of fused-ring (bicyclic) bond motifs is 8. The monoisotopic (exact) mass is 522 g/mol. The first-order chi connectivity index (χ1) is 18.5. The SMILES string of the molecule is O=S(=O)([O-])c1ccc2c3c(cccc13)-c1nc3cc4nc5c(nc4cc3nc1-2)-c1cccc2[c-]ccc-5c12.[Li+].[Li+]. The van der Waals surface area contributed by atoms with Crippen molar-refractivity contribution in [2.75, 3.05) is 0 Å². The molecule has 0 bridgehead atoms. The standard InChI is InChI=1S/C30H13N4O3S.2Li/c35-38(36,37)24-11-10-19-26-15(24)6-3-9-18(26)29-30(19)34-23-13-21-20(12-22(23)33-29)31-27-16-7-1-4-14-5-2-8-17(25(14)16)28(27)32-21;;/h1-3,5-13H,(H,35,36,37);;/q-1;2*+1/p-1. The number of aromatic nitrogens is 4. The quantitative estimate of drug-likeness (QED) is 0.128. The Morgan fingerprint density at radius 3 is 1.68 bits per heavy atom. The van der Waals surface area contributed by atoms with Crippen LogP contribution in [0.25, 0.3) is 88.6 Å². The molecule has 7 nitrogen and oxygen atoms in total. The predicted octanol–water partition coefficient (Wildman–Crippen LogP) is -0.114. The van der Waals surface area contributed by atoms with E-state index in [1.165, 1.54) is 6.07 Å². The zero-order chi connectivity index (χ0) is 25.3. The second-order valence-electron chi connectivity index (χ2n) is 9.58. The molecule has 0 saturated carbocycles. The minimum atomic E-state index is -4.64. The van der Waals surface area contributed by atoms with Crippen LogP contribution in [-0.4, -0.2) is 32.9 Å². The first-order valence-corrected chi connectivity index (χ1v) is 13.4. The maximum absolute atomic E-state index is 11.9. The van der Waals surface area contributed by atoms with E-state index in [0.29, 0.717) is 44.2 Å². The van der Waals surface area contributed by atoms with E-state index in [1.54, 1.807) is 18.2 Å². The summed E-state index contributed by atoms with van der Waals surface area (Å²) in [6.45, 7) is 0. The van der Waals surface area contributed by atoms with Gasteiger partial charge in [-0.2, -0.15) is 0 Å². The van der Waals surface area contributed by atoms with Crippen LogP contribution >= 0.6 is 0 Å². The molecule has 0 atom stereocenters. The molecule has 0 unspecified atom stereocenters. The van der Waals surface area contributed by atoms with Crippen molar-refractivity contribution in [1.82, 2.24) is 19.9 Å². The minimum Gasteiger partial charge on any atom is -0.744 e. The molecule has 178 valence electrons. The Balaban J connectivity index is 0.00000132. The van der Waals surface area contributed by atoms with E-state index in [1.807, 2.05) is 42.5 Å². The van der Waals surface area contributed by atoms with Gasteiger partial charge in [-0.25, -0.2) is 28.4 Å². The first kappa shape index (κ1) is 25.4. The average Bonchev–Trinajstić information content (AvgIpc) is 3.39. The number of rotatable bonds is 1. The summed E-state index contributed by atoms with van der Waals surface area (Å²) in [4.78, 5) is 19.7. The second-order valence-corrected chi connectivity index (χ2v) is 10.9. The maximum Gasteiger partial charge on any atom is 1.00 e. The summed E-state index contributed by atoms with van der Waals surface area (Å²) in [6, 6.07) is 25.4. The van der Waals surface area contributed by atoms with Gasteiger partial charge in [-0.05, 0) is 23.8 Å². The van der Waals surface area contributed by atoms with Crippen molar-refractivity contribution in [2.24, 2.45) is 0 Å². The van der Waals surface area contributed by atoms with Crippen molar-refractivity contribution >= 4 is 53.7 Å². The fourth-order valence-corrected chi connectivity index (χ4v) is 6.68. The van der Waals surface area contributed by atoms with Crippen LogP contribution < -0.4 is 37.7 Å². The molecule has 0 amide bonds. The molecule has 0 radical (unpaired) electrons. The third-order valence-corrected chi connectivity index (χ3v) is 8.46. The molecule has 2 heterocycles. The van der Waals surface area contributed by atoms with Gasteiger partial charge in [-0.3, -0.25) is 0 Å². The van der Waals surface area contributed by atoms with Crippen molar-refractivity contribution < 1.29 is 50.7 Å². The fraction of sp³-hybridized carbons (Fsp3) is 0. The number of benzene rings is 5. The summed E-state index contributed by atoms with van der Waals surface area (Å²) < 4.78 is 35.7. The fourth-order valence-electron chi connectivity index (χ4n) is 6.01. The molecule has 0 aliphatic heterocycles. The number of hydrogen-bond acceptors (Lipinski definition) is 7. The second kappa shape index (κ2) is 8.45. The van der Waals surface area contributed by atoms with Crippen LogP contribution in [0.2, 0.25) is 0 Å². The molecule has 9 rings (SSSR count). The third-order valence-electron chi connectivity index (χ3n) is 7.56. The summed E-state index contributed by atoms with van der Waals surface area (Å²) in [7, 11) is -4.64. The zero-order valence-corrected chi connectivity index (χ0v) is 22.2. The summed E-state index contributed by atoms with van der Waals surface area (Å²) in [5, 5.41) is 3.21. The van der Waals surface area contributed by atoms with E-state index >= 15 is 0 Å². The molecule has 40 heavy (non-hydrogen) atoms. The van der Waals surface area contributed by atoms with Crippen molar-refractivity contribution in [3.63, 3.8) is 0 Å². The Morgan fingerprint density at radius 2 is 1.10 bits per heavy atom. The number of hydrogen-bond donors (Lipinski definition) is 0. The molecule has 0 fully saturated rings. The van der Waals surface area contributed by atoms with Gasteiger partial charge >= 0.3 is 37.7 Å². The maximum atomic E-state index is 11.9. The molecule has 7 aromatic rings. The van der Waals surface area contributed by atoms with E-state index in [4.69, 9.17) is 19.9 Å². The molecule has 2 aliphatic carbocycles.